The van der Waals surface area contributed by atoms with Gasteiger partial charge in [-0.3, -0.25) is 14.9 Å². The lowest BCUT2D eigenvalue weighted by Crippen LogP contribution is -2.57. The monoisotopic (exact) mass is 340 g/mol. The van der Waals surface area contributed by atoms with Gasteiger partial charge in [-0.1, -0.05) is 6.07 Å². The molecule has 1 heterocycles. The molecule has 1 saturated heterocycles. The average molecular weight is 340 g/mol. The number of aliphatic carboxylic acids is 1. The number of nitrogens with one attached hydrogen (secondary N) is 1. The molecule has 0 atom stereocenters. The summed E-state index contributed by atoms with van der Waals surface area (Å²) in [6.07, 6.45) is 0.713. The summed E-state index contributed by atoms with van der Waals surface area (Å²) in [5.41, 5.74) is -1.40. The topological polar surface area (TPSA) is 119 Å². The Labute approximate surface area is 136 Å². The van der Waals surface area contributed by atoms with Crippen LogP contribution in [0.3, 0.4) is 0 Å². The fourth-order valence-electron chi connectivity index (χ4n) is 2.25. The zero-order chi connectivity index (χ0) is 16.9. The predicted octanol–water partition coefficient (Wildman–Crippen LogP) is 1.44. The summed E-state index contributed by atoms with van der Waals surface area (Å²) in [5.74, 6) is -0.110. The fourth-order valence-corrected chi connectivity index (χ4v) is 3.44. The first-order chi connectivity index (χ1) is 10.9. The van der Waals surface area contributed by atoms with Crippen molar-refractivity contribution in [1.82, 2.24) is 5.32 Å². The van der Waals surface area contributed by atoms with Gasteiger partial charge in [0, 0.05) is 6.07 Å². The standard InChI is InChI=1S/C14H16N2O6S/c17-12(15-14(13(18)19)4-6-23-7-5-14)9-22-11-3-1-2-10(8-11)16(20)21/h1-3,8H,4-7,9H2,(H,15,17)(H,18,19). The van der Waals surface area contributed by atoms with Crippen molar-refractivity contribution >= 4 is 29.3 Å². The summed E-state index contributed by atoms with van der Waals surface area (Å²) in [5, 5.41) is 22.6. The SMILES string of the molecule is O=C(COc1cccc([N+](=O)[O-])c1)NC1(C(=O)O)CCSCC1. The van der Waals surface area contributed by atoms with Crippen molar-refractivity contribution in [2.75, 3.05) is 18.1 Å². The minimum atomic E-state index is -1.26. The number of rotatable bonds is 6. The van der Waals surface area contributed by atoms with E-state index in [1.807, 2.05) is 0 Å². The van der Waals surface area contributed by atoms with Crippen molar-refractivity contribution in [3.05, 3.63) is 34.4 Å². The van der Waals surface area contributed by atoms with Gasteiger partial charge >= 0.3 is 5.97 Å². The molecule has 0 radical (unpaired) electrons. The van der Waals surface area contributed by atoms with Gasteiger partial charge in [0.25, 0.3) is 11.6 Å². The van der Waals surface area contributed by atoms with Gasteiger partial charge in [0.1, 0.15) is 11.3 Å². The van der Waals surface area contributed by atoms with E-state index in [0.717, 1.165) is 0 Å². The summed E-state index contributed by atoms with van der Waals surface area (Å²) in [7, 11) is 0. The van der Waals surface area contributed by atoms with Crippen LogP contribution in [0.4, 0.5) is 5.69 Å². The van der Waals surface area contributed by atoms with Gasteiger partial charge in [-0.05, 0) is 30.4 Å². The first-order valence-electron chi connectivity index (χ1n) is 6.92. The quantitative estimate of drug-likeness (QED) is 0.594. The molecule has 0 aromatic heterocycles. The van der Waals surface area contributed by atoms with Crippen molar-refractivity contribution in [2.45, 2.75) is 18.4 Å². The second kappa shape index (κ2) is 7.32. The summed E-state index contributed by atoms with van der Waals surface area (Å²) < 4.78 is 5.21. The molecule has 1 amide bonds. The number of nitro groups is 1. The highest BCUT2D eigenvalue weighted by Gasteiger charge is 2.41. The maximum atomic E-state index is 12.0. The normalized spacial score (nSPS) is 16.3. The molecule has 1 aliphatic heterocycles. The molecule has 1 aromatic carbocycles. The first kappa shape index (κ1) is 17.1. The number of hydrogen-bond donors (Lipinski definition) is 2. The largest absolute Gasteiger partial charge is 0.484 e. The van der Waals surface area contributed by atoms with E-state index in [1.54, 1.807) is 11.8 Å². The van der Waals surface area contributed by atoms with E-state index < -0.39 is 28.9 Å². The van der Waals surface area contributed by atoms with E-state index in [-0.39, 0.29) is 11.4 Å². The van der Waals surface area contributed by atoms with E-state index in [0.29, 0.717) is 24.3 Å². The van der Waals surface area contributed by atoms with Gasteiger partial charge in [0.2, 0.25) is 0 Å². The molecule has 0 aliphatic carbocycles. The lowest BCUT2D eigenvalue weighted by molar-refractivity contribution is -0.384. The molecule has 2 N–H and O–H groups in total. The third kappa shape index (κ3) is 4.35. The first-order valence-corrected chi connectivity index (χ1v) is 8.08. The zero-order valence-corrected chi connectivity index (χ0v) is 13.0. The smallest absolute Gasteiger partial charge is 0.329 e. The van der Waals surface area contributed by atoms with Crippen LogP contribution < -0.4 is 10.1 Å². The Morgan fingerprint density at radius 2 is 2.09 bits per heavy atom. The van der Waals surface area contributed by atoms with Crippen molar-refractivity contribution in [1.29, 1.82) is 0 Å². The zero-order valence-electron chi connectivity index (χ0n) is 12.2. The summed E-state index contributed by atoms with van der Waals surface area (Å²) in [6.45, 7) is -0.399. The highest BCUT2D eigenvalue weighted by molar-refractivity contribution is 7.99. The number of carbonyl (C=O) groups is 2. The van der Waals surface area contributed by atoms with E-state index in [9.17, 15) is 24.8 Å². The number of non-ortho nitro benzene ring substituents is 1. The number of ether oxygens (including phenoxy) is 1. The van der Waals surface area contributed by atoms with Gasteiger partial charge in [0.05, 0.1) is 11.0 Å². The molecule has 23 heavy (non-hydrogen) atoms. The lowest BCUT2D eigenvalue weighted by atomic mass is 9.92. The molecule has 0 saturated carbocycles. The number of amides is 1. The van der Waals surface area contributed by atoms with Crippen LogP contribution in [0.25, 0.3) is 0 Å². The van der Waals surface area contributed by atoms with Crippen LogP contribution in [-0.4, -0.2) is 45.6 Å². The third-order valence-electron chi connectivity index (χ3n) is 3.53. The Balaban J connectivity index is 1.95. The summed E-state index contributed by atoms with van der Waals surface area (Å²) >= 11 is 1.65. The predicted molar refractivity (Wildman–Crippen MR) is 83.7 cm³/mol. The van der Waals surface area contributed by atoms with Gasteiger partial charge in [0.15, 0.2) is 6.61 Å². The van der Waals surface area contributed by atoms with E-state index in [4.69, 9.17) is 4.74 Å². The van der Waals surface area contributed by atoms with Crippen molar-refractivity contribution in [2.24, 2.45) is 0 Å². The molecule has 0 unspecified atom stereocenters. The van der Waals surface area contributed by atoms with Crippen molar-refractivity contribution in [3.8, 4) is 5.75 Å². The fraction of sp³-hybridized carbons (Fsp3) is 0.429. The van der Waals surface area contributed by atoms with Gasteiger partial charge in [-0.2, -0.15) is 11.8 Å². The Morgan fingerprint density at radius 1 is 1.39 bits per heavy atom. The second-order valence-electron chi connectivity index (χ2n) is 5.09. The van der Waals surface area contributed by atoms with Crippen LogP contribution in [0.2, 0.25) is 0 Å². The number of carbonyl (C=O) groups excluding carboxylic acids is 1. The maximum Gasteiger partial charge on any atom is 0.329 e. The van der Waals surface area contributed by atoms with Crippen LogP contribution in [0.1, 0.15) is 12.8 Å². The van der Waals surface area contributed by atoms with Crippen LogP contribution in [0.15, 0.2) is 24.3 Å². The Kier molecular flexibility index (Phi) is 5.43. The Bertz CT molecular complexity index is 615. The van der Waals surface area contributed by atoms with E-state index in [1.165, 1.54) is 24.3 Å². The third-order valence-corrected chi connectivity index (χ3v) is 4.52. The number of benzene rings is 1. The number of thioether (sulfide) groups is 1. The molecule has 124 valence electrons. The minimum Gasteiger partial charge on any atom is -0.484 e. The number of nitrogens with zero attached hydrogens (tertiary/aromatic N) is 1. The summed E-state index contributed by atoms with van der Waals surface area (Å²) in [6, 6.07) is 5.45. The van der Waals surface area contributed by atoms with Gasteiger partial charge in [-0.25, -0.2) is 4.79 Å². The number of carboxylic acids is 1. The molecule has 1 aliphatic rings. The van der Waals surface area contributed by atoms with Crippen LogP contribution >= 0.6 is 11.8 Å². The van der Waals surface area contributed by atoms with Gasteiger partial charge in [-0.15, -0.1) is 0 Å². The molecule has 2 rings (SSSR count). The number of hydrogen-bond acceptors (Lipinski definition) is 6. The van der Waals surface area contributed by atoms with Crippen LogP contribution in [0.5, 0.6) is 5.75 Å². The Morgan fingerprint density at radius 3 is 2.70 bits per heavy atom. The molecule has 0 spiro atoms. The van der Waals surface area contributed by atoms with E-state index in [2.05, 4.69) is 5.32 Å². The number of carboxylic acid groups (broad SMARTS) is 1. The highest BCUT2D eigenvalue weighted by atomic mass is 32.2. The molecule has 1 fully saturated rings. The minimum absolute atomic E-state index is 0.144. The van der Waals surface area contributed by atoms with Crippen LogP contribution in [0, 0.1) is 10.1 Å². The second-order valence-corrected chi connectivity index (χ2v) is 6.32. The van der Waals surface area contributed by atoms with E-state index >= 15 is 0 Å². The maximum absolute atomic E-state index is 12.0. The summed E-state index contributed by atoms with van der Waals surface area (Å²) in [4.78, 5) is 33.5. The molecule has 0 bridgehead atoms. The van der Waals surface area contributed by atoms with Crippen molar-refractivity contribution in [3.63, 3.8) is 0 Å². The molecule has 8 nitrogen and oxygen atoms in total. The molecule has 1 aromatic rings. The van der Waals surface area contributed by atoms with Gasteiger partial charge < -0.3 is 15.2 Å². The Hall–Kier alpha value is -2.29. The lowest BCUT2D eigenvalue weighted by Gasteiger charge is -2.33. The molecule has 9 heteroatoms. The average Bonchev–Trinajstić information content (AvgIpc) is 2.54. The van der Waals surface area contributed by atoms with Crippen molar-refractivity contribution < 1.29 is 24.4 Å². The number of nitro benzene ring substituents is 1. The highest BCUT2D eigenvalue weighted by Crippen LogP contribution is 2.27. The molecular formula is C14H16N2O6S. The molecular weight excluding hydrogens is 324 g/mol. The van der Waals surface area contributed by atoms with Crippen LogP contribution in [-0.2, 0) is 9.59 Å².